The highest BCUT2D eigenvalue weighted by molar-refractivity contribution is 6.18. The van der Waals surface area contributed by atoms with Gasteiger partial charge in [0.05, 0.1) is 0 Å². The number of rotatable bonds is 6. The van der Waals surface area contributed by atoms with Crippen molar-refractivity contribution < 1.29 is 0 Å². The summed E-state index contributed by atoms with van der Waals surface area (Å²) in [6.07, 6.45) is 3.89. The van der Waals surface area contributed by atoms with E-state index in [0.29, 0.717) is 6.04 Å². The second-order valence-corrected chi connectivity index (χ2v) is 4.07. The lowest BCUT2D eigenvalue weighted by molar-refractivity contribution is 0.328. The third-order valence-corrected chi connectivity index (χ3v) is 3.11. The second kappa shape index (κ2) is 6.63. The molecule has 1 heterocycles. The maximum atomic E-state index is 5.79. The molecule has 1 rings (SSSR count). The summed E-state index contributed by atoms with van der Waals surface area (Å²) in [5.41, 5.74) is 0. The monoisotopic (exact) mass is 204 g/mol. The summed E-state index contributed by atoms with van der Waals surface area (Å²) >= 11 is 5.79. The number of nitrogens with one attached hydrogen (secondary N) is 1. The van der Waals surface area contributed by atoms with Crippen LogP contribution in [-0.2, 0) is 0 Å². The van der Waals surface area contributed by atoms with Crippen molar-refractivity contribution in [3.05, 3.63) is 0 Å². The lowest BCUT2D eigenvalue weighted by atomic mass is 10.2. The van der Waals surface area contributed by atoms with Crippen molar-refractivity contribution in [2.75, 3.05) is 32.1 Å². The smallest absolute Gasteiger partial charge is 0.0377 e. The molecule has 1 atom stereocenters. The van der Waals surface area contributed by atoms with Gasteiger partial charge in [0, 0.05) is 25.0 Å². The summed E-state index contributed by atoms with van der Waals surface area (Å²) in [4.78, 5) is 2.52. The number of nitrogens with zero attached hydrogens (tertiary/aromatic N) is 1. The molecule has 0 aromatic heterocycles. The van der Waals surface area contributed by atoms with Crippen molar-refractivity contribution in [2.45, 2.75) is 32.2 Å². The van der Waals surface area contributed by atoms with E-state index in [-0.39, 0.29) is 0 Å². The Morgan fingerprint density at radius 3 is 2.62 bits per heavy atom. The van der Waals surface area contributed by atoms with E-state index in [4.69, 9.17) is 11.6 Å². The fourth-order valence-corrected chi connectivity index (χ4v) is 2.07. The molecule has 0 amide bonds. The van der Waals surface area contributed by atoms with Crippen molar-refractivity contribution in [3.8, 4) is 0 Å². The van der Waals surface area contributed by atoms with Crippen LogP contribution in [0.3, 0.4) is 0 Å². The minimum absolute atomic E-state index is 0.504. The van der Waals surface area contributed by atoms with Gasteiger partial charge < -0.3 is 10.2 Å². The average Bonchev–Trinajstić information content (AvgIpc) is 2.65. The largest absolute Gasteiger partial charge is 0.312 e. The van der Waals surface area contributed by atoms with E-state index < -0.39 is 0 Å². The van der Waals surface area contributed by atoms with Gasteiger partial charge in [0.1, 0.15) is 0 Å². The van der Waals surface area contributed by atoms with E-state index in [9.17, 15) is 0 Å². The van der Waals surface area contributed by atoms with Gasteiger partial charge in [-0.1, -0.05) is 6.92 Å². The standard InChI is InChI=1S/C10H21ClN2/c1-2-10(9-11)12-5-8-13-6-3-4-7-13/h10,12H,2-9H2,1H3. The summed E-state index contributed by atoms with van der Waals surface area (Å²) in [5.74, 6) is 0.733. The zero-order valence-electron chi connectivity index (χ0n) is 8.56. The van der Waals surface area contributed by atoms with Gasteiger partial charge in [-0.25, -0.2) is 0 Å². The Morgan fingerprint density at radius 2 is 2.08 bits per heavy atom. The number of hydrogen-bond acceptors (Lipinski definition) is 2. The molecule has 3 heteroatoms. The average molecular weight is 205 g/mol. The van der Waals surface area contributed by atoms with E-state index in [1.165, 1.54) is 32.5 Å². The van der Waals surface area contributed by atoms with Gasteiger partial charge in [-0.05, 0) is 32.4 Å². The number of hydrogen-bond donors (Lipinski definition) is 1. The molecule has 1 saturated heterocycles. The van der Waals surface area contributed by atoms with Crippen molar-refractivity contribution in [2.24, 2.45) is 0 Å². The third-order valence-electron chi connectivity index (χ3n) is 2.74. The van der Waals surface area contributed by atoms with E-state index in [1.807, 2.05) is 0 Å². The van der Waals surface area contributed by atoms with Crippen LogP contribution in [0.5, 0.6) is 0 Å². The van der Waals surface area contributed by atoms with E-state index in [1.54, 1.807) is 0 Å². The van der Waals surface area contributed by atoms with Gasteiger partial charge in [-0.15, -0.1) is 11.6 Å². The van der Waals surface area contributed by atoms with Crippen LogP contribution in [-0.4, -0.2) is 43.0 Å². The predicted molar refractivity (Wildman–Crippen MR) is 58.5 cm³/mol. The lowest BCUT2D eigenvalue weighted by Crippen LogP contribution is -2.36. The topological polar surface area (TPSA) is 15.3 Å². The molecule has 78 valence electrons. The number of alkyl halides is 1. The SMILES string of the molecule is CCC(CCl)NCCN1CCCC1. The first-order valence-electron chi connectivity index (χ1n) is 5.38. The molecule has 1 aliphatic rings. The molecule has 2 nitrogen and oxygen atoms in total. The maximum Gasteiger partial charge on any atom is 0.0377 e. The Kier molecular flexibility index (Phi) is 5.76. The maximum absolute atomic E-state index is 5.79. The van der Waals surface area contributed by atoms with Crippen LogP contribution in [0.4, 0.5) is 0 Å². The Hall–Kier alpha value is 0.210. The molecule has 0 saturated carbocycles. The highest BCUT2D eigenvalue weighted by Gasteiger charge is 2.11. The highest BCUT2D eigenvalue weighted by Crippen LogP contribution is 2.05. The number of halogens is 1. The van der Waals surface area contributed by atoms with Crippen LogP contribution in [0, 0.1) is 0 Å². The summed E-state index contributed by atoms with van der Waals surface area (Å²) in [7, 11) is 0. The van der Waals surface area contributed by atoms with Crippen LogP contribution in [0.25, 0.3) is 0 Å². The zero-order valence-corrected chi connectivity index (χ0v) is 9.32. The summed E-state index contributed by atoms with van der Waals surface area (Å²) in [6, 6.07) is 0.504. The highest BCUT2D eigenvalue weighted by atomic mass is 35.5. The third kappa shape index (κ3) is 4.30. The van der Waals surface area contributed by atoms with Gasteiger partial charge in [-0.2, -0.15) is 0 Å². The molecule has 0 aliphatic carbocycles. The molecule has 1 unspecified atom stereocenters. The Bertz CT molecular complexity index is 118. The lowest BCUT2D eigenvalue weighted by Gasteiger charge is -2.18. The molecule has 0 aromatic carbocycles. The fraction of sp³-hybridized carbons (Fsp3) is 1.00. The number of likely N-dealkylation sites (tertiary alicyclic amines) is 1. The van der Waals surface area contributed by atoms with E-state index in [0.717, 1.165) is 18.8 Å². The fourth-order valence-electron chi connectivity index (χ4n) is 1.74. The van der Waals surface area contributed by atoms with Crippen molar-refractivity contribution in [3.63, 3.8) is 0 Å². The Morgan fingerprint density at radius 1 is 1.38 bits per heavy atom. The predicted octanol–water partition coefficient (Wildman–Crippen LogP) is 1.69. The first-order chi connectivity index (χ1) is 6.36. The van der Waals surface area contributed by atoms with Gasteiger partial charge in [0.15, 0.2) is 0 Å². The molecule has 0 bridgehead atoms. The molecule has 0 radical (unpaired) electrons. The van der Waals surface area contributed by atoms with Crippen molar-refractivity contribution >= 4 is 11.6 Å². The van der Waals surface area contributed by atoms with Crippen LogP contribution >= 0.6 is 11.6 Å². The first kappa shape index (κ1) is 11.3. The molecule has 0 spiro atoms. The molecule has 1 N–H and O–H groups in total. The molecule has 1 fully saturated rings. The molecule has 1 aliphatic heterocycles. The van der Waals surface area contributed by atoms with Crippen molar-refractivity contribution in [1.82, 2.24) is 10.2 Å². The van der Waals surface area contributed by atoms with Gasteiger partial charge in [0.2, 0.25) is 0 Å². The van der Waals surface area contributed by atoms with Crippen LogP contribution < -0.4 is 5.32 Å². The van der Waals surface area contributed by atoms with E-state index >= 15 is 0 Å². The minimum Gasteiger partial charge on any atom is -0.312 e. The summed E-state index contributed by atoms with van der Waals surface area (Å²) in [6.45, 7) is 7.03. The molecular weight excluding hydrogens is 184 g/mol. The second-order valence-electron chi connectivity index (χ2n) is 3.76. The normalized spacial score (nSPS) is 20.8. The van der Waals surface area contributed by atoms with Crippen LogP contribution in [0.1, 0.15) is 26.2 Å². The molecular formula is C10H21ClN2. The quantitative estimate of drug-likeness (QED) is 0.663. The van der Waals surface area contributed by atoms with Crippen molar-refractivity contribution in [1.29, 1.82) is 0 Å². The zero-order chi connectivity index (χ0) is 9.52. The Labute approximate surface area is 86.6 Å². The van der Waals surface area contributed by atoms with Gasteiger partial charge >= 0.3 is 0 Å². The molecule has 0 aromatic rings. The van der Waals surface area contributed by atoms with Gasteiger partial charge in [0.25, 0.3) is 0 Å². The first-order valence-corrected chi connectivity index (χ1v) is 5.92. The Balaban J connectivity index is 1.98. The minimum atomic E-state index is 0.504. The summed E-state index contributed by atoms with van der Waals surface area (Å²) in [5, 5.41) is 3.47. The van der Waals surface area contributed by atoms with E-state index in [2.05, 4.69) is 17.1 Å². The summed E-state index contributed by atoms with van der Waals surface area (Å²) < 4.78 is 0. The molecule has 13 heavy (non-hydrogen) atoms. The van der Waals surface area contributed by atoms with Gasteiger partial charge in [-0.3, -0.25) is 0 Å². The van der Waals surface area contributed by atoms with Crippen LogP contribution in [0.15, 0.2) is 0 Å². The van der Waals surface area contributed by atoms with Crippen LogP contribution in [0.2, 0.25) is 0 Å².